The molecule has 4 atom stereocenters. The summed E-state index contributed by atoms with van der Waals surface area (Å²) in [5, 5.41) is 0. The first-order valence-electron chi connectivity index (χ1n) is 11.2. The van der Waals surface area contributed by atoms with E-state index in [-0.39, 0.29) is 60.3 Å². The van der Waals surface area contributed by atoms with Crippen LogP contribution < -0.4 is 67.6 Å². The molecule has 0 radical (unpaired) electrons. The van der Waals surface area contributed by atoms with E-state index in [9.17, 15) is 13.2 Å². The fourth-order valence-electron chi connectivity index (χ4n) is 5.45. The molecule has 9 heteroatoms. The Kier molecular flexibility index (Phi) is 8.05. The highest BCUT2D eigenvalue weighted by Crippen LogP contribution is 2.39. The summed E-state index contributed by atoms with van der Waals surface area (Å²) in [6.45, 7) is 6.08. The van der Waals surface area contributed by atoms with Crippen molar-refractivity contribution >= 4 is 34.1 Å². The molecule has 0 amide bonds. The fourth-order valence-corrected chi connectivity index (χ4v) is 5.45. The average molecular weight is 708 g/mol. The SMILES string of the molecule is Cc1c([NH+]2c3ccccc3N(C)[C@H]2C)cc(C(F)(F)F)cc1[NH+]1c2ccccc2N(C)[C@@H]1C.[I-].[I-]. The average Bonchev–Trinajstić information content (AvgIpc) is 3.19. The highest BCUT2D eigenvalue weighted by Gasteiger charge is 2.44. The Balaban J connectivity index is 0.00000171. The Hall–Kier alpha value is -1.57. The van der Waals surface area contributed by atoms with Gasteiger partial charge in [-0.05, 0) is 19.1 Å². The molecule has 3 aromatic rings. The third-order valence-corrected chi connectivity index (χ3v) is 7.46. The smallest absolute Gasteiger partial charge is 0.416 e. The number of hydrogen-bond donors (Lipinski definition) is 2. The zero-order valence-electron chi connectivity index (χ0n) is 20.2. The second kappa shape index (κ2) is 10.1. The van der Waals surface area contributed by atoms with Gasteiger partial charge in [-0.3, -0.25) is 0 Å². The number of rotatable bonds is 2. The van der Waals surface area contributed by atoms with Crippen LogP contribution in [0.15, 0.2) is 60.7 Å². The number of nitrogens with zero attached hydrogens (tertiary/aromatic N) is 2. The summed E-state index contributed by atoms with van der Waals surface area (Å²) in [6, 6.07) is 18.6. The maximum absolute atomic E-state index is 14.2. The first kappa shape index (κ1) is 28.0. The largest absolute Gasteiger partial charge is 1.00 e. The van der Waals surface area contributed by atoms with E-state index >= 15 is 0 Å². The van der Waals surface area contributed by atoms with Crippen LogP contribution in [0.2, 0.25) is 0 Å². The lowest BCUT2D eigenvalue weighted by Crippen LogP contribution is -3.08. The van der Waals surface area contributed by atoms with E-state index in [1.54, 1.807) is 0 Å². The molecule has 5 rings (SSSR count). The summed E-state index contributed by atoms with van der Waals surface area (Å²) in [6.07, 6.45) is -4.49. The van der Waals surface area contributed by atoms with Gasteiger partial charge in [0.2, 0.25) is 0 Å². The number of anilines is 2. The van der Waals surface area contributed by atoms with Crippen LogP contribution in [0.1, 0.15) is 25.0 Å². The zero-order chi connectivity index (χ0) is 23.7. The number of hydrogen-bond acceptors (Lipinski definition) is 2. The first-order valence-corrected chi connectivity index (χ1v) is 11.2. The topological polar surface area (TPSA) is 15.4 Å². The van der Waals surface area contributed by atoms with Gasteiger partial charge in [0.25, 0.3) is 0 Å². The van der Waals surface area contributed by atoms with E-state index in [0.717, 1.165) is 38.1 Å². The van der Waals surface area contributed by atoms with Gasteiger partial charge >= 0.3 is 6.18 Å². The second-order valence-electron chi connectivity index (χ2n) is 9.13. The van der Waals surface area contributed by atoms with Crippen LogP contribution in [0.25, 0.3) is 0 Å². The number of halogens is 5. The molecular formula is C26H29F3I2N4. The third-order valence-electron chi connectivity index (χ3n) is 7.46. The molecule has 35 heavy (non-hydrogen) atoms. The Labute approximate surface area is 238 Å². The molecule has 4 nitrogen and oxygen atoms in total. The van der Waals surface area contributed by atoms with Crippen molar-refractivity contribution in [1.29, 1.82) is 0 Å². The summed E-state index contributed by atoms with van der Waals surface area (Å²) in [7, 11) is 4.00. The monoisotopic (exact) mass is 708 g/mol. The van der Waals surface area contributed by atoms with E-state index in [1.807, 2.05) is 69.6 Å². The lowest BCUT2D eigenvalue weighted by molar-refractivity contribution is -0.787. The van der Waals surface area contributed by atoms with Gasteiger partial charge < -0.3 is 57.8 Å². The number of fused-ring (bicyclic) bond motifs is 2. The second-order valence-corrected chi connectivity index (χ2v) is 9.13. The predicted octanol–water partition coefficient (Wildman–Crippen LogP) is -1.69. The highest BCUT2D eigenvalue weighted by molar-refractivity contribution is 5.71. The van der Waals surface area contributed by atoms with Crippen molar-refractivity contribution in [2.75, 3.05) is 23.9 Å². The number of benzene rings is 3. The number of nitrogens with one attached hydrogen (secondary N) is 2. The standard InChI is InChI=1S/C26H27F3N4.2HI/c1-16-24(32-17(2)30(4)20-10-6-8-12-22(20)32)14-19(26(27,28)29)15-25(16)33-18(3)31(5)21-11-7-9-13-23(21)33;;/h6-15,17-18H,1-5H3;2*1H/t17-,18+;;. The lowest BCUT2D eigenvalue weighted by atomic mass is 10.0. The molecule has 188 valence electrons. The van der Waals surface area contributed by atoms with Gasteiger partial charge in [-0.25, -0.2) is 9.80 Å². The maximum atomic E-state index is 14.2. The van der Waals surface area contributed by atoms with Crippen molar-refractivity contribution in [3.05, 3.63) is 71.8 Å². The fraction of sp³-hybridized carbons (Fsp3) is 0.308. The molecule has 0 aliphatic carbocycles. The molecule has 2 unspecified atom stereocenters. The third kappa shape index (κ3) is 4.42. The molecule has 0 fully saturated rings. The number of alkyl halides is 3. The van der Waals surface area contributed by atoms with E-state index in [1.165, 1.54) is 12.1 Å². The molecule has 0 bridgehead atoms. The summed E-state index contributed by atoms with van der Waals surface area (Å²) < 4.78 is 42.5. The van der Waals surface area contributed by atoms with Crippen LogP contribution in [0.4, 0.5) is 47.3 Å². The van der Waals surface area contributed by atoms with Crippen molar-refractivity contribution in [2.24, 2.45) is 0 Å². The van der Waals surface area contributed by atoms with E-state index in [0.29, 0.717) is 11.4 Å². The van der Waals surface area contributed by atoms with Crippen molar-refractivity contribution in [3.8, 4) is 0 Å². The first-order chi connectivity index (χ1) is 15.6. The van der Waals surface area contributed by atoms with Crippen LogP contribution in [-0.2, 0) is 6.18 Å². The maximum Gasteiger partial charge on any atom is 0.416 e. The molecular weight excluding hydrogens is 679 g/mol. The van der Waals surface area contributed by atoms with E-state index < -0.39 is 11.7 Å². The minimum atomic E-state index is -4.43. The number of quaternary nitrogens is 2. The van der Waals surface area contributed by atoms with Crippen molar-refractivity contribution in [3.63, 3.8) is 0 Å². The Bertz CT molecular complexity index is 1150. The van der Waals surface area contributed by atoms with Crippen molar-refractivity contribution < 1.29 is 70.9 Å². The molecule has 2 heterocycles. The predicted molar refractivity (Wildman–Crippen MR) is 125 cm³/mol. The summed E-state index contributed by atoms with van der Waals surface area (Å²) in [5.41, 5.74) is 5.74. The van der Waals surface area contributed by atoms with Crippen LogP contribution in [0.5, 0.6) is 0 Å². The van der Waals surface area contributed by atoms with Gasteiger partial charge in [-0.1, -0.05) is 24.3 Å². The van der Waals surface area contributed by atoms with E-state index in [4.69, 9.17) is 0 Å². The summed E-state index contributed by atoms with van der Waals surface area (Å²) in [5.74, 6) is 0. The van der Waals surface area contributed by atoms with Crippen molar-refractivity contribution in [1.82, 2.24) is 0 Å². The molecule has 3 aromatic carbocycles. The Morgan fingerprint density at radius 3 is 1.43 bits per heavy atom. The van der Waals surface area contributed by atoms with Crippen LogP contribution in [-0.4, -0.2) is 26.4 Å². The quantitative estimate of drug-likeness (QED) is 0.310. The van der Waals surface area contributed by atoms with Gasteiger partial charge in [-0.2, -0.15) is 13.2 Å². The molecule has 2 N–H and O–H groups in total. The van der Waals surface area contributed by atoms with Crippen LogP contribution in [0.3, 0.4) is 0 Å². The Morgan fingerprint density at radius 2 is 1.06 bits per heavy atom. The van der Waals surface area contributed by atoms with Gasteiger partial charge in [0.05, 0.1) is 11.1 Å². The van der Waals surface area contributed by atoms with Gasteiger partial charge in [0.1, 0.15) is 22.7 Å². The normalized spacial score (nSPS) is 22.9. The van der Waals surface area contributed by atoms with Gasteiger partial charge in [-0.15, -0.1) is 0 Å². The van der Waals surface area contributed by atoms with Crippen LogP contribution in [0, 0.1) is 6.92 Å². The van der Waals surface area contributed by atoms with Gasteiger partial charge in [0.15, 0.2) is 23.7 Å². The van der Waals surface area contributed by atoms with Crippen LogP contribution >= 0.6 is 0 Å². The summed E-state index contributed by atoms with van der Waals surface area (Å²) in [4.78, 5) is 6.17. The molecule has 0 aromatic heterocycles. The van der Waals surface area contributed by atoms with Crippen molar-refractivity contribution in [2.45, 2.75) is 39.3 Å². The molecule has 0 saturated heterocycles. The Morgan fingerprint density at radius 1 is 0.686 bits per heavy atom. The zero-order valence-corrected chi connectivity index (χ0v) is 24.5. The molecule has 2 aliphatic heterocycles. The molecule has 2 aliphatic rings. The van der Waals surface area contributed by atoms with E-state index in [2.05, 4.69) is 23.6 Å². The lowest BCUT2D eigenvalue weighted by Gasteiger charge is -2.27. The minimum Gasteiger partial charge on any atom is -1.00 e. The minimum absolute atomic E-state index is 0. The molecule has 0 saturated carbocycles. The number of para-hydroxylation sites is 4. The molecule has 0 spiro atoms. The van der Waals surface area contributed by atoms with Gasteiger partial charge in [0, 0.05) is 52.2 Å². The highest BCUT2D eigenvalue weighted by atomic mass is 127. The summed E-state index contributed by atoms with van der Waals surface area (Å²) >= 11 is 0.